The summed E-state index contributed by atoms with van der Waals surface area (Å²) in [6.45, 7) is 2.40. The quantitative estimate of drug-likeness (QED) is 0.682. The Hall–Kier alpha value is -1.20. The van der Waals surface area contributed by atoms with E-state index in [9.17, 15) is 5.21 Å². The van der Waals surface area contributed by atoms with Crippen LogP contribution >= 0.6 is 15.9 Å². The van der Waals surface area contributed by atoms with Crippen LogP contribution < -0.4 is 10.0 Å². The van der Waals surface area contributed by atoms with Crippen molar-refractivity contribution in [2.45, 2.75) is 51.6 Å². The molecule has 0 saturated heterocycles. The predicted molar refractivity (Wildman–Crippen MR) is 86.9 cm³/mol. The van der Waals surface area contributed by atoms with E-state index in [-0.39, 0.29) is 0 Å². The van der Waals surface area contributed by atoms with Gasteiger partial charge in [-0.3, -0.25) is 0 Å². The van der Waals surface area contributed by atoms with E-state index >= 15 is 0 Å². The molecule has 0 aliphatic heterocycles. The molecule has 1 N–H and O–H groups in total. The molecular weight excluding hydrogens is 330 g/mol. The summed E-state index contributed by atoms with van der Waals surface area (Å²) in [5, 5.41) is 16.8. The minimum atomic E-state index is 0.529. The maximum Gasteiger partial charge on any atom is 0.316 e. The molecule has 0 spiro atoms. The van der Waals surface area contributed by atoms with Crippen molar-refractivity contribution in [2.75, 3.05) is 0 Å². The Balaban J connectivity index is 1.84. The minimum Gasteiger partial charge on any atom is -0.711 e. The van der Waals surface area contributed by atoms with Gasteiger partial charge in [-0.15, -0.1) is 0 Å². The molecule has 1 aliphatic rings. The molecule has 1 aromatic carbocycles. The molecule has 3 rings (SSSR count). The summed E-state index contributed by atoms with van der Waals surface area (Å²) in [5.74, 6) is 0.563. The Morgan fingerprint density at radius 2 is 2.10 bits per heavy atom. The second-order valence-corrected chi connectivity index (χ2v) is 6.70. The average molecular weight is 350 g/mol. The summed E-state index contributed by atoms with van der Waals surface area (Å²) in [6.07, 6.45) is 6.32. The fraction of sp³-hybridized carbons (Fsp3) is 0.500. The van der Waals surface area contributed by atoms with Crippen LogP contribution in [0.5, 0.6) is 0 Å². The van der Waals surface area contributed by atoms with Crippen molar-refractivity contribution in [1.29, 1.82) is 0 Å². The average Bonchev–Trinajstić information content (AvgIpc) is 2.51. The predicted octanol–water partition coefficient (Wildman–Crippen LogP) is 3.36. The number of aryl methyl sites for hydroxylation is 1. The fourth-order valence-electron chi connectivity index (χ4n) is 3.04. The van der Waals surface area contributed by atoms with Gasteiger partial charge in [0.05, 0.1) is 5.39 Å². The van der Waals surface area contributed by atoms with Gasteiger partial charge in [-0.25, -0.2) is 4.73 Å². The Bertz CT molecular complexity index is 654. The van der Waals surface area contributed by atoms with Crippen LogP contribution in [0.25, 0.3) is 10.9 Å². The number of halogens is 1. The first-order valence-corrected chi connectivity index (χ1v) is 8.36. The lowest BCUT2D eigenvalue weighted by Crippen LogP contribution is -2.41. The summed E-state index contributed by atoms with van der Waals surface area (Å²) in [7, 11) is 0. The van der Waals surface area contributed by atoms with E-state index < -0.39 is 0 Å². The van der Waals surface area contributed by atoms with E-state index in [1.165, 1.54) is 32.1 Å². The van der Waals surface area contributed by atoms with E-state index in [0.29, 0.717) is 24.1 Å². The Morgan fingerprint density at radius 1 is 1.33 bits per heavy atom. The zero-order valence-corrected chi connectivity index (χ0v) is 13.8. The third kappa shape index (κ3) is 3.19. The van der Waals surface area contributed by atoms with Crippen molar-refractivity contribution in [3.63, 3.8) is 0 Å². The molecule has 21 heavy (non-hydrogen) atoms. The summed E-state index contributed by atoms with van der Waals surface area (Å²) in [5.41, 5.74) is 1.59. The molecule has 1 aliphatic carbocycles. The van der Waals surface area contributed by atoms with Crippen LogP contribution in [0.2, 0.25) is 0 Å². The molecule has 1 fully saturated rings. The summed E-state index contributed by atoms with van der Waals surface area (Å²) < 4.78 is 1.93. The van der Waals surface area contributed by atoms with Gasteiger partial charge in [0.1, 0.15) is 12.2 Å². The van der Waals surface area contributed by atoms with E-state index in [0.717, 1.165) is 20.1 Å². The third-order valence-electron chi connectivity index (χ3n) is 4.29. The van der Waals surface area contributed by atoms with Gasteiger partial charge < -0.3 is 10.5 Å². The molecule has 0 atom stereocenters. The van der Waals surface area contributed by atoms with Gasteiger partial charge in [0, 0.05) is 10.5 Å². The maximum atomic E-state index is 12.4. The second-order valence-electron chi connectivity index (χ2n) is 5.79. The van der Waals surface area contributed by atoms with Crippen LogP contribution in [0.4, 0.5) is 0 Å². The lowest BCUT2D eigenvalue weighted by molar-refractivity contribution is -0.623. The van der Waals surface area contributed by atoms with E-state index in [2.05, 4.69) is 26.2 Å². The number of nitrogens with one attached hydrogen (secondary N) is 1. The van der Waals surface area contributed by atoms with Crippen LogP contribution in [-0.2, 0) is 6.54 Å². The number of fused-ring (bicyclic) bond motifs is 1. The van der Waals surface area contributed by atoms with Crippen molar-refractivity contribution < 1.29 is 4.73 Å². The Morgan fingerprint density at radius 3 is 2.86 bits per heavy atom. The summed E-state index contributed by atoms with van der Waals surface area (Å²) >= 11 is 3.44. The first-order valence-electron chi connectivity index (χ1n) is 7.57. The van der Waals surface area contributed by atoms with Crippen LogP contribution in [-0.4, -0.2) is 11.0 Å². The first-order chi connectivity index (χ1) is 10.1. The summed E-state index contributed by atoms with van der Waals surface area (Å²) in [4.78, 5) is 4.53. The van der Waals surface area contributed by atoms with Gasteiger partial charge in [-0.05, 0) is 42.9 Å². The SMILES string of the molecule is Cc1c2cc(Br)ccc2nc(CNC2CCCCC2)[n+]1[O-]. The zero-order valence-electron chi connectivity index (χ0n) is 12.2. The molecule has 0 radical (unpaired) electrons. The van der Waals surface area contributed by atoms with Crippen LogP contribution in [0.1, 0.15) is 43.6 Å². The highest BCUT2D eigenvalue weighted by molar-refractivity contribution is 9.10. The van der Waals surface area contributed by atoms with E-state index in [1.807, 2.05) is 25.1 Å². The fourth-order valence-corrected chi connectivity index (χ4v) is 3.40. The molecule has 1 saturated carbocycles. The third-order valence-corrected chi connectivity index (χ3v) is 4.78. The lowest BCUT2D eigenvalue weighted by Gasteiger charge is -2.22. The van der Waals surface area contributed by atoms with E-state index in [4.69, 9.17) is 0 Å². The minimum absolute atomic E-state index is 0.529. The Kier molecular flexibility index (Phi) is 4.40. The molecule has 5 heteroatoms. The smallest absolute Gasteiger partial charge is 0.316 e. The lowest BCUT2D eigenvalue weighted by atomic mass is 9.95. The highest BCUT2D eigenvalue weighted by Gasteiger charge is 2.18. The molecule has 2 aromatic rings. The Labute approximate surface area is 133 Å². The number of nitrogens with zero attached hydrogens (tertiary/aromatic N) is 2. The van der Waals surface area contributed by atoms with Crippen molar-refractivity contribution in [1.82, 2.24) is 10.3 Å². The van der Waals surface area contributed by atoms with Gasteiger partial charge in [-0.2, -0.15) is 0 Å². The van der Waals surface area contributed by atoms with Gasteiger partial charge in [0.25, 0.3) is 0 Å². The highest BCUT2D eigenvalue weighted by Crippen LogP contribution is 2.20. The zero-order chi connectivity index (χ0) is 14.8. The van der Waals surface area contributed by atoms with Crippen LogP contribution in [0.15, 0.2) is 22.7 Å². The number of aromatic nitrogens is 2. The molecule has 0 bridgehead atoms. The van der Waals surface area contributed by atoms with Gasteiger partial charge in [-0.1, -0.05) is 35.2 Å². The van der Waals surface area contributed by atoms with Crippen LogP contribution in [0, 0.1) is 12.1 Å². The molecule has 4 nitrogen and oxygen atoms in total. The van der Waals surface area contributed by atoms with Gasteiger partial charge in [0.2, 0.25) is 0 Å². The highest BCUT2D eigenvalue weighted by atomic mass is 79.9. The topological polar surface area (TPSA) is 51.9 Å². The van der Waals surface area contributed by atoms with Crippen molar-refractivity contribution >= 4 is 26.8 Å². The number of rotatable bonds is 3. The second kappa shape index (κ2) is 6.28. The number of hydrogen-bond donors (Lipinski definition) is 1. The normalized spacial score (nSPS) is 16.5. The number of hydrogen-bond acceptors (Lipinski definition) is 3. The summed E-state index contributed by atoms with van der Waals surface area (Å²) in [6, 6.07) is 6.39. The number of benzene rings is 1. The van der Waals surface area contributed by atoms with Crippen molar-refractivity contribution in [3.8, 4) is 0 Å². The van der Waals surface area contributed by atoms with Gasteiger partial charge >= 0.3 is 5.82 Å². The van der Waals surface area contributed by atoms with Crippen molar-refractivity contribution in [2.24, 2.45) is 0 Å². The standard InChI is InChI=1S/C16H20BrN3O/c1-11-14-9-12(17)7-8-15(14)19-16(20(11)21)10-18-13-5-3-2-4-6-13/h7-9,13,18H,2-6,10H2,1H3. The molecular formula is C16H20BrN3O. The van der Waals surface area contributed by atoms with Crippen LogP contribution in [0.3, 0.4) is 0 Å². The monoisotopic (exact) mass is 349 g/mol. The van der Waals surface area contributed by atoms with Gasteiger partial charge in [0.15, 0.2) is 5.52 Å². The largest absolute Gasteiger partial charge is 0.711 e. The first kappa shape index (κ1) is 14.7. The molecule has 1 heterocycles. The molecule has 0 unspecified atom stereocenters. The molecule has 112 valence electrons. The van der Waals surface area contributed by atoms with E-state index in [1.54, 1.807) is 0 Å². The maximum absolute atomic E-state index is 12.4. The molecule has 1 aromatic heterocycles. The van der Waals surface area contributed by atoms with Crippen molar-refractivity contribution in [3.05, 3.63) is 39.4 Å². The molecule has 0 amide bonds.